The summed E-state index contributed by atoms with van der Waals surface area (Å²) in [5, 5.41) is 5.01. The van der Waals surface area contributed by atoms with Crippen LogP contribution in [0.2, 0.25) is 0 Å². The van der Waals surface area contributed by atoms with Crippen molar-refractivity contribution in [3.8, 4) is 23.0 Å². The highest BCUT2D eigenvalue weighted by Crippen LogP contribution is 2.25. The molecule has 0 spiro atoms. The van der Waals surface area contributed by atoms with Crippen LogP contribution in [0.3, 0.4) is 0 Å². The number of benzene rings is 2. The fraction of sp³-hybridized carbons (Fsp3) is 0. The fourth-order valence-corrected chi connectivity index (χ4v) is 2.24. The van der Waals surface area contributed by atoms with Gasteiger partial charge in [-0.3, -0.25) is 0 Å². The predicted molar refractivity (Wildman–Crippen MR) is 77.0 cm³/mol. The minimum atomic E-state index is -0.293. The van der Waals surface area contributed by atoms with Gasteiger partial charge in [-0.15, -0.1) is 0 Å². The van der Waals surface area contributed by atoms with Crippen molar-refractivity contribution in [2.24, 2.45) is 0 Å². The summed E-state index contributed by atoms with van der Waals surface area (Å²) < 4.78 is 18.2. The first-order chi connectivity index (χ1) is 10.3. The van der Waals surface area contributed by atoms with Gasteiger partial charge in [-0.05, 0) is 36.4 Å². The van der Waals surface area contributed by atoms with E-state index in [0.717, 1.165) is 16.6 Å². The molecular weight excluding hydrogens is 269 g/mol. The topological polar surface area (TPSA) is 54.7 Å². The van der Waals surface area contributed by atoms with Gasteiger partial charge in [0, 0.05) is 16.5 Å². The lowest BCUT2D eigenvalue weighted by molar-refractivity contribution is 0.431. The Hall–Kier alpha value is -2.95. The van der Waals surface area contributed by atoms with Gasteiger partial charge >= 0.3 is 0 Å². The molecule has 0 unspecified atom stereocenters. The number of para-hydroxylation sites is 1. The molecule has 0 saturated heterocycles. The van der Waals surface area contributed by atoms with Crippen LogP contribution in [0.15, 0.2) is 59.1 Å². The molecule has 0 aliphatic heterocycles. The molecule has 0 saturated carbocycles. The van der Waals surface area contributed by atoms with Crippen LogP contribution in [0, 0.1) is 5.82 Å². The molecule has 1 N–H and O–H groups in total. The van der Waals surface area contributed by atoms with Crippen LogP contribution >= 0.6 is 0 Å². The van der Waals surface area contributed by atoms with Crippen molar-refractivity contribution in [3.05, 3.63) is 60.4 Å². The molecule has 102 valence electrons. The number of hydrogen-bond donors (Lipinski definition) is 1. The van der Waals surface area contributed by atoms with Gasteiger partial charge in [-0.2, -0.15) is 4.98 Å². The van der Waals surface area contributed by atoms with Crippen molar-refractivity contribution in [2.75, 3.05) is 0 Å². The quantitative estimate of drug-likeness (QED) is 0.603. The predicted octanol–water partition coefficient (Wildman–Crippen LogP) is 4.02. The maximum absolute atomic E-state index is 12.9. The number of halogens is 1. The second kappa shape index (κ2) is 4.56. The van der Waals surface area contributed by atoms with E-state index < -0.39 is 0 Å². The molecule has 21 heavy (non-hydrogen) atoms. The molecule has 0 amide bonds. The zero-order chi connectivity index (χ0) is 14.2. The smallest absolute Gasteiger partial charge is 0.274 e. The standard InChI is InChI=1S/C16H10FN3O/c17-12-7-5-10(6-8-12)15-19-16(21-20-15)14-9-11-3-1-2-4-13(11)18-14/h1-9,18H. The molecule has 5 heteroatoms. The zero-order valence-electron chi connectivity index (χ0n) is 10.9. The molecule has 0 radical (unpaired) electrons. The number of nitrogens with zero attached hydrogens (tertiary/aromatic N) is 2. The summed E-state index contributed by atoms with van der Waals surface area (Å²) in [6.07, 6.45) is 0. The SMILES string of the molecule is Fc1ccc(-c2noc(-c3cc4ccccc4[nH]3)n2)cc1. The Labute approximate surface area is 119 Å². The largest absolute Gasteiger partial charge is 0.351 e. The Balaban J connectivity index is 1.75. The fourth-order valence-electron chi connectivity index (χ4n) is 2.24. The van der Waals surface area contributed by atoms with Gasteiger partial charge < -0.3 is 9.51 Å². The number of rotatable bonds is 2. The third-order valence-electron chi connectivity index (χ3n) is 3.29. The molecule has 0 aliphatic carbocycles. The minimum absolute atomic E-state index is 0.293. The van der Waals surface area contributed by atoms with Crippen LogP contribution in [0.4, 0.5) is 4.39 Å². The van der Waals surface area contributed by atoms with Crippen LogP contribution in [0.1, 0.15) is 0 Å². The Bertz CT molecular complexity index is 876. The van der Waals surface area contributed by atoms with Crippen molar-refractivity contribution >= 4 is 10.9 Å². The van der Waals surface area contributed by atoms with Crippen molar-refractivity contribution in [3.63, 3.8) is 0 Å². The monoisotopic (exact) mass is 279 g/mol. The van der Waals surface area contributed by atoms with Gasteiger partial charge in [-0.25, -0.2) is 4.39 Å². The van der Waals surface area contributed by atoms with Crippen molar-refractivity contribution in [1.29, 1.82) is 0 Å². The molecule has 0 aliphatic rings. The molecule has 4 rings (SSSR count). The van der Waals surface area contributed by atoms with E-state index >= 15 is 0 Å². The second-order valence-corrected chi connectivity index (χ2v) is 4.70. The first kappa shape index (κ1) is 11.8. The molecule has 0 bridgehead atoms. The molecule has 2 heterocycles. The number of aromatic amines is 1. The van der Waals surface area contributed by atoms with Crippen LogP contribution in [-0.2, 0) is 0 Å². The Kier molecular flexibility index (Phi) is 2.57. The summed E-state index contributed by atoms with van der Waals surface area (Å²) >= 11 is 0. The van der Waals surface area contributed by atoms with Crippen molar-refractivity contribution in [1.82, 2.24) is 15.1 Å². The summed E-state index contributed by atoms with van der Waals surface area (Å²) in [7, 11) is 0. The third-order valence-corrected chi connectivity index (χ3v) is 3.29. The first-order valence-corrected chi connectivity index (χ1v) is 6.47. The van der Waals surface area contributed by atoms with Gasteiger partial charge in [0.1, 0.15) is 11.5 Å². The van der Waals surface area contributed by atoms with E-state index in [1.807, 2.05) is 30.3 Å². The maximum atomic E-state index is 12.9. The van der Waals surface area contributed by atoms with Gasteiger partial charge in [-0.1, -0.05) is 23.4 Å². The van der Waals surface area contributed by atoms with E-state index in [-0.39, 0.29) is 5.82 Å². The molecule has 2 aromatic heterocycles. The van der Waals surface area contributed by atoms with Crippen LogP contribution in [-0.4, -0.2) is 15.1 Å². The highest BCUT2D eigenvalue weighted by atomic mass is 19.1. The maximum Gasteiger partial charge on any atom is 0.274 e. The van der Waals surface area contributed by atoms with Crippen molar-refractivity contribution in [2.45, 2.75) is 0 Å². The Morgan fingerprint density at radius 1 is 1.00 bits per heavy atom. The number of aromatic nitrogens is 3. The number of H-pyrrole nitrogens is 1. The normalized spacial score (nSPS) is 11.1. The minimum Gasteiger partial charge on any atom is -0.351 e. The molecule has 4 aromatic rings. The molecular formula is C16H10FN3O. The summed E-state index contributed by atoms with van der Waals surface area (Å²) in [4.78, 5) is 7.57. The number of hydrogen-bond acceptors (Lipinski definition) is 3. The number of fused-ring (bicyclic) bond motifs is 1. The van der Waals surface area contributed by atoms with E-state index in [1.165, 1.54) is 12.1 Å². The molecule has 2 aromatic carbocycles. The summed E-state index contributed by atoms with van der Waals surface area (Å²) in [6, 6.07) is 15.9. The average molecular weight is 279 g/mol. The van der Waals surface area contributed by atoms with Gasteiger partial charge in [0.05, 0.1) is 0 Å². The zero-order valence-corrected chi connectivity index (χ0v) is 10.9. The lowest BCUT2D eigenvalue weighted by Crippen LogP contribution is -1.82. The Morgan fingerprint density at radius 2 is 1.81 bits per heavy atom. The lowest BCUT2D eigenvalue weighted by Gasteiger charge is -1.92. The summed E-state index contributed by atoms with van der Waals surface area (Å²) in [6.45, 7) is 0. The number of nitrogens with one attached hydrogen (secondary N) is 1. The van der Waals surface area contributed by atoms with Gasteiger partial charge in [0.2, 0.25) is 5.82 Å². The van der Waals surface area contributed by atoms with Crippen LogP contribution in [0.5, 0.6) is 0 Å². The van der Waals surface area contributed by atoms with Crippen LogP contribution < -0.4 is 0 Å². The van der Waals surface area contributed by atoms with Crippen molar-refractivity contribution < 1.29 is 8.91 Å². The molecule has 4 nitrogen and oxygen atoms in total. The van der Waals surface area contributed by atoms with Crippen LogP contribution in [0.25, 0.3) is 33.9 Å². The molecule has 0 fully saturated rings. The van der Waals surface area contributed by atoms with E-state index in [4.69, 9.17) is 4.52 Å². The summed E-state index contributed by atoms with van der Waals surface area (Å²) in [5.74, 6) is 0.548. The molecule has 0 atom stereocenters. The highest BCUT2D eigenvalue weighted by molar-refractivity contribution is 5.84. The average Bonchev–Trinajstić information content (AvgIpc) is 3.14. The van der Waals surface area contributed by atoms with Gasteiger partial charge in [0.25, 0.3) is 5.89 Å². The van der Waals surface area contributed by atoms with E-state index in [1.54, 1.807) is 12.1 Å². The Morgan fingerprint density at radius 3 is 2.62 bits per heavy atom. The lowest BCUT2D eigenvalue weighted by atomic mass is 10.2. The second-order valence-electron chi connectivity index (χ2n) is 4.70. The van der Waals surface area contributed by atoms with E-state index in [9.17, 15) is 4.39 Å². The highest BCUT2D eigenvalue weighted by Gasteiger charge is 2.12. The summed E-state index contributed by atoms with van der Waals surface area (Å²) in [5.41, 5.74) is 2.48. The van der Waals surface area contributed by atoms with E-state index in [0.29, 0.717) is 17.3 Å². The van der Waals surface area contributed by atoms with E-state index in [2.05, 4.69) is 15.1 Å². The first-order valence-electron chi connectivity index (χ1n) is 6.47. The van der Waals surface area contributed by atoms with Gasteiger partial charge in [0.15, 0.2) is 0 Å². The third kappa shape index (κ3) is 2.08.